The molecule has 7 heteroatoms. The van der Waals surface area contributed by atoms with Crippen LogP contribution in [0.15, 0.2) is 73.3 Å². The number of piperidine rings is 1. The van der Waals surface area contributed by atoms with E-state index in [1.807, 2.05) is 59.4 Å². The molecule has 1 aliphatic heterocycles. The van der Waals surface area contributed by atoms with Gasteiger partial charge in [-0.2, -0.15) is 0 Å². The molecule has 1 aliphatic rings. The molecule has 0 atom stereocenters. The Bertz CT molecular complexity index is 1460. The maximum Gasteiger partial charge on any atom is 0.137 e. The van der Waals surface area contributed by atoms with Gasteiger partial charge in [0, 0.05) is 42.6 Å². The van der Waals surface area contributed by atoms with Gasteiger partial charge < -0.3 is 10.0 Å². The summed E-state index contributed by atoms with van der Waals surface area (Å²) in [4.78, 5) is 15.9. The minimum atomic E-state index is -0.292. The number of aliphatic hydroxyl groups is 1. The summed E-state index contributed by atoms with van der Waals surface area (Å²) in [6.45, 7) is 1.36. The summed E-state index contributed by atoms with van der Waals surface area (Å²) in [7, 11) is 0. The van der Waals surface area contributed by atoms with Crippen LogP contribution in [-0.4, -0.2) is 43.7 Å². The van der Waals surface area contributed by atoms with Crippen LogP contribution in [0.4, 0.5) is 10.1 Å². The molecule has 1 aromatic carbocycles. The van der Waals surface area contributed by atoms with Crippen molar-refractivity contribution in [3.63, 3.8) is 0 Å². The topological polar surface area (TPSA) is 66.5 Å². The quantitative estimate of drug-likeness (QED) is 0.441. The molecule has 0 aliphatic carbocycles. The minimum Gasteiger partial charge on any atom is -0.393 e. The van der Waals surface area contributed by atoms with Crippen LogP contribution in [-0.2, 0) is 0 Å². The zero-order chi connectivity index (χ0) is 22.4. The van der Waals surface area contributed by atoms with E-state index in [0.717, 1.165) is 44.8 Å². The molecule has 0 saturated carbocycles. The van der Waals surface area contributed by atoms with Crippen LogP contribution in [0.25, 0.3) is 39.1 Å². The summed E-state index contributed by atoms with van der Waals surface area (Å²) < 4.78 is 16.4. The average molecular weight is 439 g/mol. The van der Waals surface area contributed by atoms with E-state index in [-0.39, 0.29) is 11.9 Å². The number of aromatic nitrogens is 4. The van der Waals surface area contributed by atoms with E-state index in [1.54, 1.807) is 12.3 Å². The van der Waals surface area contributed by atoms with Crippen LogP contribution in [0.3, 0.4) is 0 Å². The predicted molar refractivity (Wildman–Crippen MR) is 127 cm³/mol. The van der Waals surface area contributed by atoms with E-state index in [2.05, 4.69) is 14.9 Å². The number of fused-ring (bicyclic) bond motifs is 2. The summed E-state index contributed by atoms with van der Waals surface area (Å²) in [6, 6.07) is 14.9. The third kappa shape index (κ3) is 3.60. The molecular weight excluding hydrogens is 417 g/mol. The normalized spacial score (nSPS) is 14.9. The Kier molecular flexibility index (Phi) is 4.77. The first-order chi connectivity index (χ1) is 16.2. The van der Waals surface area contributed by atoms with Crippen LogP contribution in [0.1, 0.15) is 12.8 Å². The Morgan fingerprint density at radius 3 is 2.67 bits per heavy atom. The number of rotatable bonds is 3. The fourth-order valence-electron chi connectivity index (χ4n) is 4.55. The lowest BCUT2D eigenvalue weighted by Gasteiger charge is -2.32. The molecule has 1 fully saturated rings. The lowest BCUT2D eigenvalue weighted by Crippen LogP contribution is -2.36. The summed E-state index contributed by atoms with van der Waals surface area (Å²) in [6.07, 6.45) is 8.45. The second-order valence-electron chi connectivity index (χ2n) is 8.44. The van der Waals surface area contributed by atoms with Gasteiger partial charge in [0.2, 0.25) is 0 Å². The fourth-order valence-corrected chi connectivity index (χ4v) is 4.55. The Morgan fingerprint density at radius 2 is 1.85 bits per heavy atom. The summed E-state index contributed by atoms with van der Waals surface area (Å²) in [5.74, 6) is -0.282. The average Bonchev–Trinajstić information content (AvgIpc) is 3.28. The molecule has 0 bridgehead atoms. The van der Waals surface area contributed by atoms with Gasteiger partial charge in [-0.3, -0.25) is 9.38 Å². The summed E-state index contributed by atoms with van der Waals surface area (Å²) >= 11 is 0. The molecule has 1 saturated heterocycles. The first kappa shape index (κ1) is 19.8. The highest BCUT2D eigenvalue weighted by Gasteiger charge is 2.21. The second kappa shape index (κ2) is 7.94. The van der Waals surface area contributed by atoms with Gasteiger partial charge in [-0.15, -0.1) is 0 Å². The molecule has 5 heterocycles. The number of halogens is 1. The number of nitrogens with zero attached hydrogens (tertiary/aromatic N) is 5. The first-order valence-corrected chi connectivity index (χ1v) is 11.1. The van der Waals surface area contributed by atoms with Gasteiger partial charge in [-0.1, -0.05) is 12.1 Å². The third-order valence-electron chi connectivity index (χ3n) is 6.31. The molecular formula is C26H22FN5O. The van der Waals surface area contributed by atoms with Crippen molar-refractivity contribution < 1.29 is 9.50 Å². The highest BCUT2D eigenvalue weighted by Crippen LogP contribution is 2.32. The van der Waals surface area contributed by atoms with Crippen molar-refractivity contribution in [1.29, 1.82) is 0 Å². The van der Waals surface area contributed by atoms with Gasteiger partial charge in [-0.05, 0) is 54.8 Å². The number of anilines is 1. The number of aliphatic hydroxyl groups excluding tert-OH is 1. The lowest BCUT2D eigenvalue weighted by molar-refractivity contribution is 0.145. The number of imidazole rings is 1. The Balaban J connectivity index is 1.44. The van der Waals surface area contributed by atoms with Crippen molar-refractivity contribution in [3.05, 3.63) is 79.1 Å². The molecule has 0 amide bonds. The predicted octanol–water partition coefficient (Wildman–Crippen LogP) is 4.71. The van der Waals surface area contributed by atoms with Gasteiger partial charge in [-0.25, -0.2) is 14.4 Å². The van der Waals surface area contributed by atoms with Crippen molar-refractivity contribution in [1.82, 2.24) is 19.4 Å². The molecule has 1 N–H and O–H groups in total. The zero-order valence-electron chi connectivity index (χ0n) is 17.9. The van der Waals surface area contributed by atoms with Crippen LogP contribution in [0.2, 0.25) is 0 Å². The van der Waals surface area contributed by atoms with Gasteiger partial charge in [0.1, 0.15) is 11.5 Å². The fraction of sp³-hybridized carbons (Fsp3) is 0.192. The number of benzene rings is 1. The van der Waals surface area contributed by atoms with Crippen molar-refractivity contribution >= 4 is 22.2 Å². The lowest BCUT2D eigenvalue weighted by atomic mass is 10.1. The molecule has 164 valence electrons. The van der Waals surface area contributed by atoms with E-state index < -0.39 is 0 Å². The zero-order valence-corrected chi connectivity index (χ0v) is 17.9. The Hall–Kier alpha value is -3.84. The molecule has 0 unspecified atom stereocenters. The number of hydrogen-bond donors (Lipinski definition) is 1. The van der Waals surface area contributed by atoms with Crippen LogP contribution >= 0.6 is 0 Å². The Morgan fingerprint density at radius 1 is 0.970 bits per heavy atom. The number of pyridine rings is 3. The maximum absolute atomic E-state index is 14.4. The minimum absolute atomic E-state index is 0.282. The SMILES string of the molecule is OC1CCN(c2cc(F)cc3ccc(-c4cnc5cc(-c6cccnc6)ccn45)nc23)CC1. The van der Waals surface area contributed by atoms with E-state index in [0.29, 0.717) is 25.9 Å². The first-order valence-electron chi connectivity index (χ1n) is 11.1. The number of hydrogen-bond acceptors (Lipinski definition) is 5. The van der Waals surface area contributed by atoms with E-state index in [4.69, 9.17) is 4.98 Å². The van der Waals surface area contributed by atoms with Crippen LogP contribution in [0, 0.1) is 5.82 Å². The highest BCUT2D eigenvalue weighted by molar-refractivity contribution is 5.92. The van der Waals surface area contributed by atoms with E-state index in [9.17, 15) is 9.50 Å². The second-order valence-corrected chi connectivity index (χ2v) is 8.44. The third-order valence-corrected chi connectivity index (χ3v) is 6.31. The molecule has 5 aromatic rings. The van der Waals surface area contributed by atoms with Crippen molar-refractivity contribution in [2.45, 2.75) is 18.9 Å². The molecule has 6 nitrogen and oxygen atoms in total. The highest BCUT2D eigenvalue weighted by atomic mass is 19.1. The van der Waals surface area contributed by atoms with Crippen molar-refractivity contribution in [2.75, 3.05) is 18.0 Å². The summed E-state index contributed by atoms with van der Waals surface area (Å²) in [5.41, 5.74) is 6.07. The van der Waals surface area contributed by atoms with Gasteiger partial charge in [0.05, 0.1) is 34.9 Å². The van der Waals surface area contributed by atoms with E-state index in [1.165, 1.54) is 6.07 Å². The van der Waals surface area contributed by atoms with E-state index >= 15 is 0 Å². The van der Waals surface area contributed by atoms with Crippen molar-refractivity contribution in [2.24, 2.45) is 0 Å². The van der Waals surface area contributed by atoms with Crippen molar-refractivity contribution in [3.8, 4) is 22.5 Å². The molecule has 0 radical (unpaired) electrons. The summed E-state index contributed by atoms with van der Waals surface area (Å²) in [5, 5.41) is 10.6. The van der Waals surface area contributed by atoms with Gasteiger partial charge in [0.15, 0.2) is 0 Å². The van der Waals surface area contributed by atoms with Crippen LogP contribution < -0.4 is 4.90 Å². The van der Waals surface area contributed by atoms with Gasteiger partial charge >= 0.3 is 0 Å². The van der Waals surface area contributed by atoms with Crippen LogP contribution in [0.5, 0.6) is 0 Å². The largest absolute Gasteiger partial charge is 0.393 e. The monoisotopic (exact) mass is 439 g/mol. The molecule has 4 aromatic heterocycles. The molecule has 0 spiro atoms. The smallest absolute Gasteiger partial charge is 0.137 e. The molecule has 6 rings (SSSR count). The van der Waals surface area contributed by atoms with Gasteiger partial charge in [0.25, 0.3) is 0 Å². The molecule has 33 heavy (non-hydrogen) atoms. The standard InChI is InChI=1S/C26H22FN5O/c27-20-12-18-3-4-22(30-26(18)23(14-20)31-9-6-21(33)7-10-31)24-16-29-25-13-17(5-11-32(24)25)19-2-1-8-28-15-19/h1-5,8,11-16,21,33H,6-7,9-10H2. The maximum atomic E-state index is 14.4. The Labute approximate surface area is 190 Å².